The largest absolute Gasteiger partial charge is 0.478 e. The van der Waals surface area contributed by atoms with Crippen molar-refractivity contribution in [2.24, 2.45) is 0 Å². The summed E-state index contributed by atoms with van der Waals surface area (Å²) in [6.07, 6.45) is 0. The second-order valence-electron chi connectivity index (χ2n) is 6.21. The van der Waals surface area contributed by atoms with Crippen LogP contribution in [0.1, 0.15) is 15.9 Å². The Morgan fingerprint density at radius 2 is 1.52 bits per heavy atom. The average molecular weight is 356 g/mol. The lowest BCUT2D eigenvalue weighted by Gasteiger charge is -2.04. The van der Waals surface area contributed by atoms with Gasteiger partial charge in [-0.15, -0.1) is 10.2 Å². The van der Waals surface area contributed by atoms with E-state index in [1.165, 1.54) is 11.6 Å². The highest BCUT2D eigenvalue weighted by Gasteiger charge is 2.17. The van der Waals surface area contributed by atoms with Gasteiger partial charge < -0.3 is 9.52 Å². The molecule has 27 heavy (non-hydrogen) atoms. The van der Waals surface area contributed by atoms with Crippen molar-refractivity contribution >= 4 is 5.97 Å². The summed E-state index contributed by atoms with van der Waals surface area (Å²) in [5, 5.41) is 17.4. The number of aryl methyl sites for hydroxylation is 1. The molecule has 0 bridgehead atoms. The quantitative estimate of drug-likeness (QED) is 0.552. The number of carbonyl (C=O) groups is 1. The van der Waals surface area contributed by atoms with E-state index in [1.54, 1.807) is 18.2 Å². The van der Waals surface area contributed by atoms with Crippen LogP contribution in [-0.4, -0.2) is 21.3 Å². The smallest absolute Gasteiger partial charge is 0.336 e. The summed E-state index contributed by atoms with van der Waals surface area (Å²) in [4.78, 5) is 11.4. The molecule has 0 amide bonds. The van der Waals surface area contributed by atoms with E-state index in [0.29, 0.717) is 11.5 Å². The van der Waals surface area contributed by atoms with E-state index < -0.39 is 5.97 Å². The van der Waals surface area contributed by atoms with Gasteiger partial charge in [-0.25, -0.2) is 4.79 Å². The van der Waals surface area contributed by atoms with Crippen LogP contribution in [0.2, 0.25) is 0 Å². The van der Waals surface area contributed by atoms with Crippen LogP contribution in [0.3, 0.4) is 0 Å². The minimum absolute atomic E-state index is 0.127. The molecule has 1 N–H and O–H groups in total. The molecule has 4 aromatic rings. The Hall–Kier alpha value is -3.73. The fourth-order valence-corrected chi connectivity index (χ4v) is 2.93. The summed E-state index contributed by atoms with van der Waals surface area (Å²) in [6, 6.07) is 22.7. The summed E-state index contributed by atoms with van der Waals surface area (Å²) in [5.41, 5.74) is 4.75. The second-order valence-corrected chi connectivity index (χ2v) is 6.21. The van der Waals surface area contributed by atoms with Crippen molar-refractivity contribution in [3.63, 3.8) is 0 Å². The maximum atomic E-state index is 11.4. The molecule has 0 radical (unpaired) electrons. The van der Waals surface area contributed by atoms with E-state index in [0.717, 1.165) is 16.7 Å². The highest BCUT2D eigenvalue weighted by molar-refractivity contribution is 5.94. The van der Waals surface area contributed by atoms with Crippen molar-refractivity contribution in [2.75, 3.05) is 0 Å². The SMILES string of the molecule is Cc1cccc(-c2ccc(-c3nnc(-c4ccccc4C(=O)O)o3)cc2)c1. The van der Waals surface area contributed by atoms with E-state index in [4.69, 9.17) is 4.42 Å². The van der Waals surface area contributed by atoms with Crippen LogP contribution in [0.25, 0.3) is 34.0 Å². The van der Waals surface area contributed by atoms with Crippen molar-refractivity contribution in [3.05, 3.63) is 83.9 Å². The summed E-state index contributed by atoms with van der Waals surface area (Å²) in [5.74, 6) is -0.500. The predicted molar refractivity (Wildman–Crippen MR) is 102 cm³/mol. The van der Waals surface area contributed by atoms with Gasteiger partial charge in [0.25, 0.3) is 0 Å². The van der Waals surface area contributed by atoms with Crippen molar-refractivity contribution < 1.29 is 14.3 Å². The van der Waals surface area contributed by atoms with Crippen molar-refractivity contribution in [1.29, 1.82) is 0 Å². The number of carboxylic acid groups (broad SMARTS) is 1. The molecule has 0 aliphatic heterocycles. The number of hydrogen-bond acceptors (Lipinski definition) is 4. The number of carboxylic acids is 1. The molecule has 1 aromatic heterocycles. The van der Waals surface area contributed by atoms with Crippen LogP contribution < -0.4 is 0 Å². The van der Waals surface area contributed by atoms with Crippen molar-refractivity contribution in [3.8, 4) is 34.0 Å². The first-order chi connectivity index (χ1) is 13.1. The van der Waals surface area contributed by atoms with Gasteiger partial charge in [0.2, 0.25) is 11.8 Å². The van der Waals surface area contributed by atoms with Crippen LogP contribution in [0, 0.1) is 6.92 Å². The zero-order valence-electron chi connectivity index (χ0n) is 14.6. The van der Waals surface area contributed by atoms with Gasteiger partial charge >= 0.3 is 5.97 Å². The lowest BCUT2D eigenvalue weighted by molar-refractivity contribution is 0.0697. The molecule has 0 spiro atoms. The minimum atomic E-state index is -1.03. The Balaban J connectivity index is 1.65. The number of nitrogens with zero attached hydrogens (tertiary/aromatic N) is 2. The van der Waals surface area contributed by atoms with Crippen LogP contribution in [0.15, 0.2) is 77.2 Å². The molecule has 5 heteroatoms. The molecule has 0 aliphatic carbocycles. The third-order valence-electron chi connectivity index (χ3n) is 4.30. The maximum Gasteiger partial charge on any atom is 0.336 e. The molecule has 3 aromatic carbocycles. The topological polar surface area (TPSA) is 76.2 Å². The van der Waals surface area contributed by atoms with Crippen LogP contribution in [-0.2, 0) is 0 Å². The highest BCUT2D eigenvalue weighted by atomic mass is 16.4. The molecule has 0 saturated heterocycles. The van der Waals surface area contributed by atoms with Gasteiger partial charge in [0, 0.05) is 5.56 Å². The van der Waals surface area contributed by atoms with Gasteiger partial charge in [-0.05, 0) is 42.3 Å². The number of hydrogen-bond donors (Lipinski definition) is 1. The first-order valence-electron chi connectivity index (χ1n) is 8.45. The molecular formula is C22H16N2O3. The van der Waals surface area contributed by atoms with Crippen molar-refractivity contribution in [1.82, 2.24) is 10.2 Å². The third-order valence-corrected chi connectivity index (χ3v) is 4.30. The standard InChI is InChI=1S/C22H16N2O3/c1-14-5-4-6-17(13-14)15-9-11-16(12-10-15)20-23-24-21(27-20)18-7-2-3-8-19(18)22(25)26/h2-13H,1H3,(H,25,26). The number of aromatic carboxylic acids is 1. The molecular weight excluding hydrogens is 340 g/mol. The van der Waals surface area contributed by atoms with E-state index >= 15 is 0 Å². The molecule has 5 nitrogen and oxygen atoms in total. The fraction of sp³-hybridized carbons (Fsp3) is 0.0455. The lowest BCUT2D eigenvalue weighted by Crippen LogP contribution is -1.98. The van der Waals surface area contributed by atoms with E-state index in [2.05, 4.69) is 35.3 Å². The van der Waals surface area contributed by atoms with E-state index in [-0.39, 0.29) is 11.5 Å². The number of benzene rings is 3. The first-order valence-corrected chi connectivity index (χ1v) is 8.45. The van der Waals surface area contributed by atoms with Crippen LogP contribution in [0.5, 0.6) is 0 Å². The summed E-state index contributed by atoms with van der Waals surface area (Å²) < 4.78 is 5.73. The Kier molecular flexibility index (Phi) is 4.26. The molecule has 0 aliphatic rings. The third kappa shape index (κ3) is 3.35. The van der Waals surface area contributed by atoms with Gasteiger partial charge in [-0.2, -0.15) is 0 Å². The summed E-state index contributed by atoms with van der Waals surface area (Å²) in [6.45, 7) is 2.06. The molecule has 4 rings (SSSR count). The van der Waals surface area contributed by atoms with Gasteiger partial charge in [-0.1, -0.05) is 54.1 Å². The molecule has 1 heterocycles. The Morgan fingerprint density at radius 3 is 2.26 bits per heavy atom. The fourth-order valence-electron chi connectivity index (χ4n) is 2.93. The van der Waals surface area contributed by atoms with Crippen molar-refractivity contribution in [2.45, 2.75) is 6.92 Å². The van der Waals surface area contributed by atoms with E-state index in [1.807, 2.05) is 30.3 Å². The zero-order chi connectivity index (χ0) is 18.8. The molecule has 132 valence electrons. The van der Waals surface area contributed by atoms with Gasteiger partial charge in [0.15, 0.2) is 0 Å². The Bertz CT molecular complexity index is 1110. The highest BCUT2D eigenvalue weighted by Crippen LogP contribution is 2.28. The first kappa shape index (κ1) is 16.7. The molecule has 0 unspecified atom stereocenters. The monoisotopic (exact) mass is 356 g/mol. The average Bonchev–Trinajstić information content (AvgIpc) is 3.18. The molecule has 0 fully saturated rings. The van der Waals surface area contributed by atoms with Gasteiger partial charge in [0.05, 0.1) is 11.1 Å². The zero-order valence-corrected chi connectivity index (χ0v) is 14.6. The number of rotatable bonds is 4. The lowest BCUT2D eigenvalue weighted by atomic mass is 10.0. The van der Waals surface area contributed by atoms with E-state index in [9.17, 15) is 9.90 Å². The molecule has 0 saturated carbocycles. The summed E-state index contributed by atoms with van der Waals surface area (Å²) in [7, 11) is 0. The second kappa shape index (κ2) is 6.88. The Labute approximate surface area is 155 Å². The normalized spacial score (nSPS) is 10.7. The minimum Gasteiger partial charge on any atom is -0.478 e. The van der Waals surface area contributed by atoms with Crippen LogP contribution in [0.4, 0.5) is 0 Å². The van der Waals surface area contributed by atoms with Gasteiger partial charge in [0.1, 0.15) is 0 Å². The maximum absolute atomic E-state index is 11.4. The molecule has 0 atom stereocenters. The predicted octanol–water partition coefficient (Wildman–Crippen LogP) is 5.08. The van der Waals surface area contributed by atoms with Gasteiger partial charge in [-0.3, -0.25) is 0 Å². The van der Waals surface area contributed by atoms with Crippen LogP contribution >= 0.6 is 0 Å². The number of aromatic nitrogens is 2. The summed E-state index contributed by atoms with van der Waals surface area (Å²) >= 11 is 0. The Morgan fingerprint density at radius 1 is 0.815 bits per heavy atom.